The van der Waals surface area contributed by atoms with Crippen LogP contribution in [0.5, 0.6) is 0 Å². The van der Waals surface area contributed by atoms with Crippen molar-refractivity contribution in [3.8, 4) is 0 Å². The summed E-state index contributed by atoms with van der Waals surface area (Å²) in [6.07, 6.45) is -1.83. The van der Waals surface area contributed by atoms with E-state index in [9.17, 15) is 13.2 Å². The molecule has 0 saturated heterocycles. The Morgan fingerprint density at radius 3 is 2.19 bits per heavy atom. The van der Waals surface area contributed by atoms with Gasteiger partial charge in [-0.05, 0) is 26.2 Å². The summed E-state index contributed by atoms with van der Waals surface area (Å²) in [5.41, 5.74) is 0. The molecule has 0 aromatic carbocycles. The molecule has 0 amide bonds. The lowest BCUT2D eigenvalue weighted by molar-refractivity contribution is -0.173. The maximum atomic E-state index is 11.8. The number of nitrogens with zero attached hydrogens (tertiary/aromatic N) is 1. The SMILES string of the molecule is CCOCCCCNC(=NC)NCCCOCC(F)(F)F. The number of nitrogens with one attached hydrogen (secondary N) is 2. The summed E-state index contributed by atoms with van der Waals surface area (Å²) < 4.78 is 45.2. The van der Waals surface area contributed by atoms with Gasteiger partial charge in [-0.2, -0.15) is 13.2 Å². The van der Waals surface area contributed by atoms with Gasteiger partial charge in [0, 0.05) is 40.0 Å². The molecule has 0 rings (SSSR count). The lowest BCUT2D eigenvalue weighted by Crippen LogP contribution is -2.38. The minimum absolute atomic E-state index is 0.0673. The summed E-state index contributed by atoms with van der Waals surface area (Å²) in [7, 11) is 1.65. The van der Waals surface area contributed by atoms with Crippen molar-refractivity contribution in [1.82, 2.24) is 10.6 Å². The van der Waals surface area contributed by atoms with Crippen LogP contribution in [0.3, 0.4) is 0 Å². The maximum Gasteiger partial charge on any atom is 0.411 e. The molecular formula is C13H26F3N3O2. The molecule has 0 saturated carbocycles. The van der Waals surface area contributed by atoms with Gasteiger partial charge in [0.15, 0.2) is 5.96 Å². The summed E-state index contributed by atoms with van der Waals surface area (Å²) in [5.74, 6) is 0.641. The van der Waals surface area contributed by atoms with Crippen LogP contribution in [0.1, 0.15) is 26.2 Å². The van der Waals surface area contributed by atoms with E-state index in [2.05, 4.69) is 20.4 Å². The average molecular weight is 313 g/mol. The third kappa shape index (κ3) is 15.2. The molecule has 0 heterocycles. The van der Waals surface area contributed by atoms with Crippen LogP contribution in [0.2, 0.25) is 0 Å². The van der Waals surface area contributed by atoms with Crippen molar-refractivity contribution in [2.75, 3.05) is 46.6 Å². The fourth-order valence-corrected chi connectivity index (χ4v) is 1.47. The molecule has 0 unspecified atom stereocenters. The van der Waals surface area contributed by atoms with Gasteiger partial charge in [0.05, 0.1) is 0 Å². The second kappa shape index (κ2) is 12.7. The molecule has 0 aliphatic heterocycles. The fraction of sp³-hybridized carbons (Fsp3) is 0.923. The van der Waals surface area contributed by atoms with Gasteiger partial charge >= 0.3 is 6.18 Å². The van der Waals surface area contributed by atoms with Gasteiger partial charge in [-0.15, -0.1) is 0 Å². The molecule has 126 valence electrons. The van der Waals surface area contributed by atoms with Crippen LogP contribution in [0.25, 0.3) is 0 Å². The third-order valence-electron chi connectivity index (χ3n) is 2.46. The second-order valence-corrected chi connectivity index (χ2v) is 4.35. The summed E-state index contributed by atoms with van der Waals surface area (Å²) >= 11 is 0. The molecule has 0 aromatic heterocycles. The lowest BCUT2D eigenvalue weighted by atomic mass is 10.3. The highest BCUT2D eigenvalue weighted by Gasteiger charge is 2.27. The molecule has 0 spiro atoms. The smallest absolute Gasteiger partial charge is 0.382 e. The summed E-state index contributed by atoms with van der Waals surface area (Å²) in [6.45, 7) is 3.60. The van der Waals surface area contributed by atoms with Crippen molar-refractivity contribution >= 4 is 5.96 Å². The number of rotatable bonds is 11. The first kappa shape index (κ1) is 20.0. The molecule has 0 atom stereocenters. The number of hydrogen-bond donors (Lipinski definition) is 2. The van der Waals surface area contributed by atoms with Gasteiger partial charge in [0.1, 0.15) is 6.61 Å². The van der Waals surface area contributed by atoms with E-state index in [0.29, 0.717) is 18.9 Å². The highest BCUT2D eigenvalue weighted by atomic mass is 19.4. The lowest BCUT2D eigenvalue weighted by Gasteiger charge is -2.12. The van der Waals surface area contributed by atoms with Crippen LogP contribution < -0.4 is 10.6 Å². The van der Waals surface area contributed by atoms with Crippen LogP contribution >= 0.6 is 0 Å². The molecule has 0 aliphatic carbocycles. The van der Waals surface area contributed by atoms with E-state index in [0.717, 1.165) is 32.6 Å². The van der Waals surface area contributed by atoms with Crippen LogP contribution in [0.4, 0.5) is 13.2 Å². The molecule has 0 bridgehead atoms. The number of alkyl halides is 3. The minimum atomic E-state index is -4.26. The van der Waals surface area contributed by atoms with Crippen molar-refractivity contribution in [3.63, 3.8) is 0 Å². The van der Waals surface area contributed by atoms with Crippen LogP contribution in [0.15, 0.2) is 4.99 Å². The second-order valence-electron chi connectivity index (χ2n) is 4.35. The Hall–Kier alpha value is -1.02. The Labute approximate surface area is 124 Å². The van der Waals surface area contributed by atoms with E-state index in [1.165, 1.54) is 0 Å². The third-order valence-corrected chi connectivity index (χ3v) is 2.46. The standard InChI is InChI=1S/C13H26F3N3O2/c1-3-20-9-5-4-7-18-12(17-2)19-8-6-10-21-11-13(14,15)16/h3-11H2,1-2H3,(H2,17,18,19). The van der Waals surface area contributed by atoms with E-state index >= 15 is 0 Å². The van der Waals surface area contributed by atoms with E-state index in [1.807, 2.05) is 6.92 Å². The van der Waals surface area contributed by atoms with Crippen LogP contribution in [0, 0.1) is 0 Å². The largest absolute Gasteiger partial charge is 0.411 e. The number of hydrogen-bond acceptors (Lipinski definition) is 3. The predicted molar refractivity (Wildman–Crippen MR) is 76.6 cm³/mol. The van der Waals surface area contributed by atoms with Crippen molar-refractivity contribution in [1.29, 1.82) is 0 Å². The van der Waals surface area contributed by atoms with Crippen molar-refractivity contribution in [2.45, 2.75) is 32.4 Å². The minimum Gasteiger partial charge on any atom is -0.382 e. The fourth-order valence-electron chi connectivity index (χ4n) is 1.47. The van der Waals surface area contributed by atoms with Crippen LogP contribution in [-0.2, 0) is 9.47 Å². The Balaban J connectivity index is 3.46. The molecule has 2 N–H and O–H groups in total. The van der Waals surface area contributed by atoms with E-state index < -0.39 is 12.8 Å². The number of halogens is 3. The Morgan fingerprint density at radius 1 is 1.00 bits per heavy atom. The zero-order chi connectivity index (χ0) is 16.0. The summed E-state index contributed by atoms with van der Waals surface area (Å²) in [5, 5.41) is 6.14. The first-order valence-electron chi connectivity index (χ1n) is 7.16. The van der Waals surface area contributed by atoms with Gasteiger partial charge in [0.25, 0.3) is 0 Å². The Morgan fingerprint density at radius 2 is 1.62 bits per heavy atom. The number of aliphatic imine (C=N–C) groups is 1. The van der Waals surface area contributed by atoms with Gasteiger partial charge < -0.3 is 20.1 Å². The van der Waals surface area contributed by atoms with Crippen molar-refractivity contribution in [3.05, 3.63) is 0 Å². The molecule has 5 nitrogen and oxygen atoms in total. The van der Waals surface area contributed by atoms with Gasteiger partial charge in [-0.1, -0.05) is 0 Å². The predicted octanol–water partition coefficient (Wildman–Crippen LogP) is 1.94. The van der Waals surface area contributed by atoms with E-state index in [4.69, 9.17) is 4.74 Å². The van der Waals surface area contributed by atoms with Gasteiger partial charge in [-0.25, -0.2) is 0 Å². The zero-order valence-electron chi connectivity index (χ0n) is 12.8. The Kier molecular flexibility index (Phi) is 12.1. The average Bonchev–Trinajstić information content (AvgIpc) is 2.42. The first-order valence-corrected chi connectivity index (χ1v) is 7.16. The normalized spacial score (nSPS) is 12.5. The van der Waals surface area contributed by atoms with E-state index in [-0.39, 0.29) is 6.61 Å². The summed E-state index contributed by atoms with van der Waals surface area (Å²) in [4.78, 5) is 4.02. The topological polar surface area (TPSA) is 54.9 Å². The van der Waals surface area contributed by atoms with Crippen molar-refractivity contribution in [2.24, 2.45) is 4.99 Å². The highest BCUT2D eigenvalue weighted by molar-refractivity contribution is 5.79. The van der Waals surface area contributed by atoms with Gasteiger partial charge in [-0.3, -0.25) is 4.99 Å². The first-order chi connectivity index (χ1) is 9.99. The van der Waals surface area contributed by atoms with Crippen LogP contribution in [-0.4, -0.2) is 58.7 Å². The number of unbranched alkanes of at least 4 members (excludes halogenated alkanes) is 1. The highest BCUT2D eigenvalue weighted by Crippen LogP contribution is 2.14. The molecule has 8 heteroatoms. The molecule has 0 fully saturated rings. The summed E-state index contributed by atoms with van der Waals surface area (Å²) in [6, 6.07) is 0. The molecular weight excluding hydrogens is 287 g/mol. The Bertz CT molecular complexity index is 274. The van der Waals surface area contributed by atoms with Gasteiger partial charge in [0.2, 0.25) is 0 Å². The number of guanidine groups is 1. The monoisotopic (exact) mass is 313 g/mol. The quantitative estimate of drug-likeness (QED) is 0.348. The van der Waals surface area contributed by atoms with Crippen molar-refractivity contribution < 1.29 is 22.6 Å². The zero-order valence-corrected chi connectivity index (χ0v) is 12.8. The molecule has 0 radical (unpaired) electrons. The molecule has 21 heavy (non-hydrogen) atoms. The molecule has 0 aliphatic rings. The van der Waals surface area contributed by atoms with E-state index in [1.54, 1.807) is 7.05 Å². The maximum absolute atomic E-state index is 11.8. The number of ether oxygens (including phenoxy) is 2. The molecule has 0 aromatic rings.